The fourth-order valence-electron chi connectivity index (χ4n) is 2.24. The molecule has 1 heterocycles. The number of likely N-dealkylation sites (N-methyl/N-ethyl adjacent to an activating group) is 1. The molecule has 1 unspecified atom stereocenters. The van der Waals surface area contributed by atoms with Crippen molar-refractivity contribution in [1.29, 1.82) is 0 Å². The molecule has 0 aromatic rings. The molecular weight excluding hydrogens is 230 g/mol. The van der Waals surface area contributed by atoms with Crippen molar-refractivity contribution in [3.05, 3.63) is 0 Å². The zero-order chi connectivity index (χ0) is 13.5. The Kier molecular flexibility index (Phi) is 6.12. The van der Waals surface area contributed by atoms with E-state index >= 15 is 0 Å². The molecule has 18 heavy (non-hydrogen) atoms. The number of carbonyl (C=O) groups is 2. The predicted molar refractivity (Wildman–Crippen MR) is 71.2 cm³/mol. The number of likely N-dealkylation sites (tertiary alicyclic amines) is 1. The van der Waals surface area contributed by atoms with Gasteiger partial charge in [0.25, 0.3) is 0 Å². The maximum atomic E-state index is 11.9. The van der Waals surface area contributed by atoms with Gasteiger partial charge in [0.05, 0.1) is 12.6 Å². The summed E-state index contributed by atoms with van der Waals surface area (Å²) in [7, 11) is 3.53. The van der Waals surface area contributed by atoms with Crippen LogP contribution in [0.1, 0.15) is 32.6 Å². The Morgan fingerprint density at radius 3 is 2.72 bits per heavy atom. The highest BCUT2D eigenvalue weighted by atomic mass is 16.2. The van der Waals surface area contributed by atoms with Crippen LogP contribution < -0.4 is 5.32 Å². The van der Waals surface area contributed by atoms with E-state index in [-0.39, 0.29) is 17.9 Å². The van der Waals surface area contributed by atoms with E-state index in [2.05, 4.69) is 12.2 Å². The van der Waals surface area contributed by atoms with Crippen LogP contribution in [0.3, 0.4) is 0 Å². The third kappa shape index (κ3) is 4.29. The lowest BCUT2D eigenvalue weighted by molar-refractivity contribution is -0.134. The van der Waals surface area contributed by atoms with Crippen LogP contribution in [0.25, 0.3) is 0 Å². The second-order valence-corrected chi connectivity index (χ2v) is 5.06. The maximum Gasteiger partial charge on any atom is 0.239 e. The van der Waals surface area contributed by atoms with Crippen LogP contribution in [0.5, 0.6) is 0 Å². The van der Waals surface area contributed by atoms with Crippen LogP contribution in [0.4, 0.5) is 0 Å². The van der Waals surface area contributed by atoms with Crippen molar-refractivity contribution < 1.29 is 9.59 Å². The standard InChI is InChI=1S/C13H25N3O2/c1-4-5-8-14-12(17)10-16-9-6-7-11(16)13(18)15(2)3/h11H,4-10H2,1-3H3,(H,14,17). The normalized spacial score (nSPS) is 19.8. The molecule has 0 saturated carbocycles. The van der Waals surface area contributed by atoms with Crippen LogP contribution in [0, 0.1) is 0 Å². The quantitative estimate of drug-likeness (QED) is 0.701. The van der Waals surface area contributed by atoms with E-state index < -0.39 is 0 Å². The third-order valence-corrected chi connectivity index (χ3v) is 3.29. The largest absolute Gasteiger partial charge is 0.355 e. The Morgan fingerprint density at radius 1 is 1.39 bits per heavy atom. The summed E-state index contributed by atoms with van der Waals surface area (Å²) in [5, 5.41) is 2.89. The first-order chi connectivity index (χ1) is 8.56. The smallest absolute Gasteiger partial charge is 0.239 e. The third-order valence-electron chi connectivity index (χ3n) is 3.29. The molecule has 1 fully saturated rings. The summed E-state index contributed by atoms with van der Waals surface area (Å²) in [6.07, 6.45) is 3.93. The molecule has 0 aromatic heterocycles. The Morgan fingerprint density at radius 2 is 2.11 bits per heavy atom. The Labute approximate surface area is 110 Å². The SMILES string of the molecule is CCCCNC(=O)CN1CCCC1C(=O)N(C)C. The summed E-state index contributed by atoms with van der Waals surface area (Å²) in [6, 6.07) is -0.114. The van der Waals surface area contributed by atoms with E-state index in [1.165, 1.54) is 0 Å². The van der Waals surface area contributed by atoms with Crippen LogP contribution in [-0.4, -0.2) is 61.4 Å². The lowest BCUT2D eigenvalue weighted by atomic mass is 10.2. The summed E-state index contributed by atoms with van der Waals surface area (Å²) in [6.45, 7) is 4.01. The van der Waals surface area contributed by atoms with Gasteiger partial charge in [-0.1, -0.05) is 13.3 Å². The average molecular weight is 255 g/mol. The van der Waals surface area contributed by atoms with Crippen LogP contribution >= 0.6 is 0 Å². The van der Waals surface area contributed by atoms with Crippen molar-refractivity contribution in [2.45, 2.75) is 38.6 Å². The molecule has 0 bridgehead atoms. The Hall–Kier alpha value is -1.10. The van der Waals surface area contributed by atoms with Crippen molar-refractivity contribution in [3.8, 4) is 0 Å². The number of carbonyl (C=O) groups excluding carboxylic acids is 2. The summed E-state index contributed by atoms with van der Waals surface area (Å²) in [4.78, 5) is 27.3. The summed E-state index contributed by atoms with van der Waals surface area (Å²) in [5.74, 6) is 0.135. The molecule has 2 amide bonds. The van der Waals surface area contributed by atoms with E-state index in [0.717, 1.165) is 38.8 Å². The van der Waals surface area contributed by atoms with Gasteiger partial charge in [0, 0.05) is 20.6 Å². The van der Waals surface area contributed by atoms with Gasteiger partial charge in [-0.3, -0.25) is 14.5 Å². The lowest BCUT2D eigenvalue weighted by Gasteiger charge is -2.25. The van der Waals surface area contributed by atoms with Gasteiger partial charge < -0.3 is 10.2 Å². The Balaban J connectivity index is 2.40. The highest BCUT2D eigenvalue weighted by molar-refractivity contribution is 5.83. The average Bonchev–Trinajstić information content (AvgIpc) is 2.76. The molecule has 0 aliphatic carbocycles. The van der Waals surface area contributed by atoms with Crippen LogP contribution in [-0.2, 0) is 9.59 Å². The molecule has 5 heteroatoms. The number of unbranched alkanes of at least 4 members (excludes halogenated alkanes) is 1. The lowest BCUT2D eigenvalue weighted by Crippen LogP contribution is -2.46. The van der Waals surface area contributed by atoms with E-state index in [0.29, 0.717) is 6.54 Å². The minimum atomic E-state index is -0.114. The summed E-state index contributed by atoms with van der Waals surface area (Å²) < 4.78 is 0. The number of hydrogen-bond donors (Lipinski definition) is 1. The highest BCUT2D eigenvalue weighted by Crippen LogP contribution is 2.18. The monoisotopic (exact) mass is 255 g/mol. The molecule has 1 atom stereocenters. The van der Waals surface area contributed by atoms with Gasteiger partial charge in [-0.25, -0.2) is 0 Å². The molecule has 1 saturated heterocycles. The molecule has 104 valence electrons. The van der Waals surface area contributed by atoms with E-state index in [1.54, 1.807) is 19.0 Å². The molecular formula is C13H25N3O2. The van der Waals surface area contributed by atoms with Crippen molar-refractivity contribution in [3.63, 3.8) is 0 Å². The molecule has 0 spiro atoms. The Bertz CT molecular complexity index is 292. The molecule has 1 aliphatic heterocycles. The van der Waals surface area contributed by atoms with Crippen molar-refractivity contribution in [1.82, 2.24) is 15.1 Å². The molecule has 0 radical (unpaired) electrons. The first-order valence-corrected chi connectivity index (χ1v) is 6.78. The first-order valence-electron chi connectivity index (χ1n) is 6.78. The van der Waals surface area contributed by atoms with Crippen molar-refractivity contribution >= 4 is 11.8 Å². The second-order valence-electron chi connectivity index (χ2n) is 5.06. The first kappa shape index (κ1) is 15.0. The van der Waals surface area contributed by atoms with Gasteiger partial charge >= 0.3 is 0 Å². The number of amides is 2. The fourth-order valence-corrected chi connectivity index (χ4v) is 2.24. The van der Waals surface area contributed by atoms with E-state index in [1.807, 2.05) is 4.90 Å². The molecule has 1 aliphatic rings. The molecule has 0 aromatic carbocycles. The maximum absolute atomic E-state index is 11.9. The van der Waals surface area contributed by atoms with Gasteiger partial charge in [0.1, 0.15) is 0 Å². The minimum absolute atomic E-state index is 0.0295. The topological polar surface area (TPSA) is 52.7 Å². The number of nitrogens with one attached hydrogen (secondary N) is 1. The van der Waals surface area contributed by atoms with Crippen molar-refractivity contribution in [2.75, 3.05) is 33.7 Å². The number of rotatable bonds is 6. The zero-order valence-corrected chi connectivity index (χ0v) is 11.7. The van der Waals surface area contributed by atoms with Crippen LogP contribution in [0.2, 0.25) is 0 Å². The highest BCUT2D eigenvalue weighted by Gasteiger charge is 2.32. The molecule has 1 rings (SSSR count). The second kappa shape index (κ2) is 7.36. The fraction of sp³-hybridized carbons (Fsp3) is 0.846. The molecule has 1 N–H and O–H groups in total. The van der Waals surface area contributed by atoms with Gasteiger partial charge in [0.15, 0.2) is 0 Å². The number of hydrogen-bond acceptors (Lipinski definition) is 3. The van der Waals surface area contributed by atoms with Crippen LogP contribution in [0.15, 0.2) is 0 Å². The molecule has 5 nitrogen and oxygen atoms in total. The van der Waals surface area contributed by atoms with Gasteiger partial charge in [-0.2, -0.15) is 0 Å². The minimum Gasteiger partial charge on any atom is -0.355 e. The van der Waals surface area contributed by atoms with Gasteiger partial charge in [0.2, 0.25) is 11.8 Å². The zero-order valence-electron chi connectivity index (χ0n) is 11.7. The van der Waals surface area contributed by atoms with Gasteiger partial charge in [-0.15, -0.1) is 0 Å². The van der Waals surface area contributed by atoms with Crippen molar-refractivity contribution in [2.24, 2.45) is 0 Å². The summed E-state index contributed by atoms with van der Waals surface area (Å²) in [5.41, 5.74) is 0. The predicted octanol–water partition coefficient (Wildman–Crippen LogP) is 0.455. The summed E-state index contributed by atoms with van der Waals surface area (Å²) >= 11 is 0. The number of nitrogens with zero attached hydrogens (tertiary/aromatic N) is 2. The van der Waals surface area contributed by atoms with Gasteiger partial charge in [-0.05, 0) is 25.8 Å². The van der Waals surface area contributed by atoms with E-state index in [9.17, 15) is 9.59 Å². The van der Waals surface area contributed by atoms with E-state index in [4.69, 9.17) is 0 Å².